The molecule has 1 heterocycles. The van der Waals surface area contributed by atoms with E-state index in [1.54, 1.807) is 12.1 Å². The molecule has 1 rings (SSSR count). The van der Waals surface area contributed by atoms with Crippen molar-refractivity contribution in [2.45, 2.75) is 18.8 Å². The van der Waals surface area contributed by atoms with E-state index in [9.17, 15) is 22.4 Å². The molecule has 0 aliphatic rings. The Balaban J connectivity index is 2.39. The molecule has 0 aromatic carbocycles. The molecule has 0 spiro atoms. The van der Waals surface area contributed by atoms with Crippen molar-refractivity contribution in [2.75, 3.05) is 18.9 Å². The summed E-state index contributed by atoms with van der Waals surface area (Å²) < 4.78 is 52.8. The van der Waals surface area contributed by atoms with E-state index >= 15 is 0 Å². The van der Waals surface area contributed by atoms with Crippen LogP contribution in [0.25, 0.3) is 0 Å². The van der Waals surface area contributed by atoms with Gasteiger partial charge in [-0.05, 0) is 6.07 Å². The lowest BCUT2D eigenvalue weighted by molar-refractivity contribution is -0.168. The quantitative estimate of drug-likeness (QED) is 0.772. The number of hydrogen-bond acceptors (Lipinski definition) is 4. The summed E-state index contributed by atoms with van der Waals surface area (Å²) in [5.41, 5.74) is 5.91. The van der Waals surface area contributed by atoms with Gasteiger partial charge in [-0.3, -0.25) is 4.79 Å². The van der Waals surface area contributed by atoms with Gasteiger partial charge >= 0.3 is 12.3 Å². The predicted molar refractivity (Wildman–Crippen MR) is 59.1 cm³/mol. The van der Waals surface area contributed by atoms with Gasteiger partial charge in [0, 0.05) is 18.2 Å². The van der Waals surface area contributed by atoms with Crippen molar-refractivity contribution < 1.29 is 27.1 Å². The predicted octanol–water partition coefficient (Wildman–Crippen LogP) is 1.69. The summed E-state index contributed by atoms with van der Waals surface area (Å²) >= 11 is 0. The van der Waals surface area contributed by atoms with Crippen molar-refractivity contribution in [2.24, 2.45) is 0 Å². The molecule has 2 N–H and O–H groups in total. The minimum Gasteiger partial charge on any atom is -0.383 e. The Labute approximate surface area is 106 Å². The summed E-state index contributed by atoms with van der Waals surface area (Å²) in [6.07, 6.45) is -2.54. The third kappa shape index (κ3) is 4.82. The Bertz CT molecular complexity index is 440. The lowest BCUT2D eigenvalue weighted by Crippen LogP contribution is -2.33. The third-order valence-corrected chi connectivity index (χ3v) is 2.19. The molecule has 0 amide bonds. The molecular formula is C11H12F4N2O2. The zero-order valence-corrected chi connectivity index (χ0v) is 9.78. The molecule has 8 heteroatoms. The van der Waals surface area contributed by atoms with E-state index in [0.29, 0.717) is 5.56 Å². The second-order valence-corrected chi connectivity index (χ2v) is 3.82. The van der Waals surface area contributed by atoms with Gasteiger partial charge in [-0.15, -0.1) is 0 Å². The summed E-state index contributed by atoms with van der Waals surface area (Å²) in [4.78, 5) is 15.1. The number of hydrogen-bond donors (Lipinski definition) is 1. The van der Waals surface area contributed by atoms with Gasteiger partial charge in [0.1, 0.15) is 19.0 Å². The number of nitrogen functional groups attached to an aromatic ring is 1. The highest BCUT2D eigenvalue weighted by atomic mass is 19.3. The zero-order chi connectivity index (χ0) is 14.5. The minimum atomic E-state index is -4.26. The third-order valence-electron chi connectivity index (χ3n) is 2.19. The first-order valence-corrected chi connectivity index (χ1v) is 5.27. The summed E-state index contributed by atoms with van der Waals surface area (Å²) in [6, 6.07) is 3.11. The van der Waals surface area contributed by atoms with Crippen LogP contribution in [0.15, 0.2) is 18.3 Å². The molecule has 0 saturated carbocycles. The molecule has 0 atom stereocenters. The molecule has 0 radical (unpaired) electrons. The average Bonchev–Trinajstić information content (AvgIpc) is 2.31. The molecule has 0 saturated heterocycles. The molecule has 0 aliphatic carbocycles. The lowest BCUT2D eigenvalue weighted by atomic mass is 10.1. The maximum Gasteiger partial charge on any atom is 0.330 e. The van der Waals surface area contributed by atoms with Gasteiger partial charge in [0.05, 0.1) is 0 Å². The van der Waals surface area contributed by atoms with Crippen molar-refractivity contribution >= 4 is 11.6 Å². The highest BCUT2D eigenvalue weighted by Gasteiger charge is 2.41. The number of halogens is 4. The van der Waals surface area contributed by atoms with Crippen LogP contribution < -0.4 is 5.73 Å². The number of pyridine rings is 1. The van der Waals surface area contributed by atoms with Gasteiger partial charge in [-0.25, -0.2) is 13.8 Å². The molecule has 4 nitrogen and oxygen atoms in total. The molecule has 0 aliphatic heterocycles. The Kier molecular flexibility index (Phi) is 5.22. The SMILES string of the molecule is Nc1ncccc1CC(=O)COCC(F)(F)C(F)F. The van der Waals surface area contributed by atoms with Gasteiger partial charge in [-0.1, -0.05) is 6.07 Å². The second-order valence-electron chi connectivity index (χ2n) is 3.82. The highest BCUT2D eigenvalue weighted by molar-refractivity contribution is 5.83. The maximum absolute atomic E-state index is 12.5. The summed E-state index contributed by atoms with van der Waals surface area (Å²) in [7, 11) is 0. The number of nitrogens with two attached hydrogens (primary N) is 1. The molecule has 1 aromatic heterocycles. The Hall–Kier alpha value is -1.70. The molecule has 0 bridgehead atoms. The lowest BCUT2D eigenvalue weighted by Gasteiger charge is -2.14. The Morgan fingerprint density at radius 2 is 2.16 bits per heavy atom. The number of ether oxygens (including phenoxy) is 1. The number of alkyl halides is 4. The van der Waals surface area contributed by atoms with E-state index < -0.39 is 31.3 Å². The van der Waals surface area contributed by atoms with Crippen molar-refractivity contribution in [3.63, 3.8) is 0 Å². The van der Waals surface area contributed by atoms with Crippen LogP contribution in [-0.2, 0) is 16.0 Å². The van der Waals surface area contributed by atoms with Crippen LogP contribution in [0.5, 0.6) is 0 Å². The first kappa shape index (κ1) is 15.4. The fraction of sp³-hybridized carbons (Fsp3) is 0.455. The summed E-state index contributed by atoms with van der Waals surface area (Å²) in [5, 5.41) is 0. The van der Waals surface area contributed by atoms with E-state index in [2.05, 4.69) is 9.72 Å². The van der Waals surface area contributed by atoms with Crippen molar-refractivity contribution in [3.8, 4) is 0 Å². The standard InChI is InChI=1S/C11H12F4N2O2/c12-10(13)11(14,15)6-19-5-8(18)4-7-2-1-3-17-9(7)16/h1-3,10H,4-6H2,(H2,16,17). The second kappa shape index (κ2) is 6.46. The van der Waals surface area contributed by atoms with Crippen LogP contribution >= 0.6 is 0 Å². The maximum atomic E-state index is 12.5. The number of aromatic nitrogens is 1. The van der Waals surface area contributed by atoms with Gasteiger partial charge in [0.15, 0.2) is 5.78 Å². The number of ketones is 1. The molecule has 1 aromatic rings. The number of Topliss-reactive ketones (excluding diaryl/α,β-unsaturated/α-hetero) is 1. The van der Waals surface area contributed by atoms with E-state index in [0.717, 1.165) is 0 Å². The molecular weight excluding hydrogens is 268 g/mol. The smallest absolute Gasteiger partial charge is 0.330 e. The molecule has 0 fully saturated rings. The normalized spacial score (nSPS) is 11.8. The van der Waals surface area contributed by atoms with Crippen LogP contribution in [0.4, 0.5) is 23.4 Å². The number of carbonyl (C=O) groups excluding carboxylic acids is 1. The van der Waals surface area contributed by atoms with E-state index in [1.807, 2.05) is 0 Å². The fourth-order valence-corrected chi connectivity index (χ4v) is 1.23. The largest absolute Gasteiger partial charge is 0.383 e. The topological polar surface area (TPSA) is 65.2 Å². The first-order chi connectivity index (χ1) is 8.83. The van der Waals surface area contributed by atoms with E-state index in [4.69, 9.17) is 5.73 Å². The monoisotopic (exact) mass is 280 g/mol. The van der Waals surface area contributed by atoms with Gasteiger partial charge in [0.2, 0.25) is 0 Å². The first-order valence-electron chi connectivity index (χ1n) is 5.27. The van der Waals surface area contributed by atoms with Gasteiger partial charge in [-0.2, -0.15) is 8.78 Å². The zero-order valence-electron chi connectivity index (χ0n) is 9.78. The summed E-state index contributed by atoms with van der Waals surface area (Å²) in [5.74, 6) is -4.66. The van der Waals surface area contributed by atoms with Gasteiger partial charge in [0.25, 0.3) is 0 Å². The van der Waals surface area contributed by atoms with Crippen LogP contribution in [0, 0.1) is 0 Å². The number of anilines is 1. The number of nitrogens with zero attached hydrogens (tertiary/aromatic N) is 1. The summed E-state index contributed by atoms with van der Waals surface area (Å²) in [6.45, 7) is -2.18. The van der Waals surface area contributed by atoms with Crippen LogP contribution in [-0.4, -0.2) is 36.3 Å². The fourth-order valence-electron chi connectivity index (χ4n) is 1.23. The number of carbonyl (C=O) groups is 1. The molecule has 0 unspecified atom stereocenters. The Morgan fingerprint density at radius 3 is 2.74 bits per heavy atom. The van der Waals surface area contributed by atoms with Crippen molar-refractivity contribution in [3.05, 3.63) is 23.9 Å². The van der Waals surface area contributed by atoms with Crippen LogP contribution in [0.2, 0.25) is 0 Å². The van der Waals surface area contributed by atoms with Crippen LogP contribution in [0.1, 0.15) is 5.56 Å². The molecule has 106 valence electrons. The minimum absolute atomic E-state index is 0.147. The Morgan fingerprint density at radius 1 is 1.47 bits per heavy atom. The molecule has 19 heavy (non-hydrogen) atoms. The average molecular weight is 280 g/mol. The van der Waals surface area contributed by atoms with Crippen molar-refractivity contribution in [1.82, 2.24) is 4.98 Å². The van der Waals surface area contributed by atoms with E-state index in [1.165, 1.54) is 6.20 Å². The van der Waals surface area contributed by atoms with Crippen LogP contribution in [0.3, 0.4) is 0 Å². The van der Waals surface area contributed by atoms with E-state index in [-0.39, 0.29) is 12.2 Å². The van der Waals surface area contributed by atoms with Crippen molar-refractivity contribution in [1.29, 1.82) is 0 Å². The van der Waals surface area contributed by atoms with Gasteiger partial charge < -0.3 is 10.5 Å². The highest BCUT2D eigenvalue weighted by Crippen LogP contribution is 2.22. The number of rotatable bonds is 7.